The summed E-state index contributed by atoms with van der Waals surface area (Å²) < 4.78 is 4.20. The van der Waals surface area contributed by atoms with Gasteiger partial charge >= 0.3 is 5.76 Å². The van der Waals surface area contributed by atoms with Crippen LogP contribution in [0.4, 0.5) is 0 Å². The molecular formula is C9H18N2O2. The first kappa shape index (κ1) is 14.2. The number of H-pyrrole nitrogens is 1. The predicted octanol–water partition coefficient (Wildman–Crippen LogP) is 2.45. The molecule has 1 heterocycles. The number of nitrogens with zero attached hydrogens (tertiary/aromatic N) is 1. The highest BCUT2D eigenvalue weighted by molar-refractivity contribution is 5.52. The van der Waals surface area contributed by atoms with Crippen molar-refractivity contribution in [1.29, 1.82) is 0 Å². The minimum absolute atomic E-state index is 0.403. The van der Waals surface area contributed by atoms with E-state index >= 15 is 0 Å². The molecule has 0 aliphatic rings. The third kappa shape index (κ3) is 5.90. The Kier molecular flexibility index (Phi) is 9.60. The fourth-order valence-electron chi connectivity index (χ4n) is 0.414. The molecule has 4 nitrogen and oxygen atoms in total. The molecule has 76 valence electrons. The molecule has 0 saturated heterocycles. The van der Waals surface area contributed by atoms with Gasteiger partial charge in [0.25, 0.3) is 0 Å². The Labute approximate surface area is 78.7 Å². The van der Waals surface area contributed by atoms with Crippen molar-refractivity contribution in [2.45, 2.75) is 34.6 Å². The normalized spacial score (nSPS) is 7.46. The molecule has 0 spiro atoms. The summed E-state index contributed by atoms with van der Waals surface area (Å²) >= 11 is 0. The Morgan fingerprint density at radius 3 is 2.00 bits per heavy atom. The Morgan fingerprint density at radius 2 is 1.85 bits per heavy atom. The van der Waals surface area contributed by atoms with Crippen LogP contribution in [0.15, 0.2) is 15.9 Å². The van der Waals surface area contributed by atoms with Crippen LogP contribution in [0.1, 0.15) is 40.4 Å². The molecule has 0 amide bonds. The van der Waals surface area contributed by atoms with Crippen LogP contribution < -0.4 is 5.76 Å². The highest BCUT2D eigenvalue weighted by Crippen LogP contribution is 1.99. The first-order valence-corrected chi connectivity index (χ1v) is 4.42. The van der Waals surface area contributed by atoms with Crippen LogP contribution in [0.5, 0.6) is 0 Å². The molecule has 0 aliphatic heterocycles. The van der Waals surface area contributed by atoms with E-state index in [1.54, 1.807) is 6.92 Å². The van der Waals surface area contributed by atoms with Crippen LogP contribution >= 0.6 is 0 Å². The Bertz CT molecular complexity index is 273. The molecule has 0 unspecified atom stereocenters. The molecule has 13 heavy (non-hydrogen) atoms. The standard InChI is InChI=1S/C5H6N2O2.2C2H6/c1-3(2)4-6-5(8)9-7-4;2*1-2/h1H2,2H3,(H,6,7,8);2*1-2H3. The zero-order valence-electron chi connectivity index (χ0n) is 8.97. The zero-order valence-corrected chi connectivity index (χ0v) is 8.97. The van der Waals surface area contributed by atoms with Crippen LogP contribution in [0.2, 0.25) is 0 Å². The predicted molar refractivity (Wildman–Crippen MR) is 54.5 cm³/mol. The molecule has 0 aliphatic carbocycles. The van der Waals surface area contributed by atoms with E-state index in [0.717, 1.165) is 0 Å². The van der Waals surface area contributed by atoms with Crippen molar-refractivity contribution < 1.29 is 4.52 Å². The lowest BCUT2D eigenvalue weighted by atomic mass is 10.3. The summed E-state index contributed by atoms with van der Waals surface area (Å²) in [6.07, 6.45) is 0. The second-order valence-corrected chi connectivity index (χ2v) is 1.72. The van der Waals surface area contributed by atoms with Crippen molar-refractivity contribution in [3.05, 3.63) is 23.0 Å². The molecule has 1 aromatic rings. The average molecular weight is 186 g/mol. The smallest absolute Gasteiger partial charge is 0.296 e. The summed E-state index contributed by atoms with van der Waals surface area (Å²) in [4.78, 5) is 12.6. The number of aromatic amines is 1. The molecule has 0 atom stereocenters. The van der Waals surface area contributed by atoms with Crippen molar-refractivity contribution in [2.75, 3.05) is 0 Å². The molecule has 1 rings (SSSR count). The van der Waals surface area contributed by atoms with Crippen molar-refractivity contribution in [2.24, 2.45) is 0 Å². The van der Waals surface area contributed by atoms with E-state index in [2.05, 4.69) is 21.2 Å². The number of hydrogen-bond donors (Lipinski definition) is 1. The minimum Gasteiger partial charge on any atom is -0.296 e. The van der Waals surface area contributed by atoms with E-state index in [1.807, 2.05) is 27.7 Å². The maximum absolute atomic E-state index is 10.3. The van der Waals surface area contributed by atoms with Gasteiger partial charge in [-0.25, -0.2) is 4.79 Å². The van der Waals surface area contributed by atoms with E-state index in [0.29, 0.717) is 11.4 Å². The molecule has 0 saturated carbocycles. The maximum Gasteiger partial charge on any atom is 0.439 e. The third-order valence-corrected chi connectivity index (χ3v) is 0.845. The van der Waals surface area contributed by atoms with E-state index in [4.69, 9.17) is 0 Å². The number of allylic oxidation sites excluding steroid dienone is 1. The lowest BCUT2D eigenvalue weighted by Gasteiger charge is -1.82. The van der Waals surface area contributed by atoms with Gasteiger partial charge in [-0.1, -0.05) is 39.4 Å². The van der Waals surface area contributed by atoms with E-state index in [-0.39, 0.29) is 0 Å². The average Bonchev–Trinajstić information content (AvgIpc) is 2.59. The monoisotopic (exact) mass is 186 g/mol. The lowest BCUT2D eigenvalue weighted by Crippen LogP contribution is -1.95. The summed E-state index contributed by atoms with van der Waals surface area (Å²) in [6, 6.07) is 0. The molecule has 4 heteroatoms. The second kappa shape index (κ2) is 8.77. The summed E-state index contributed by atoms with van der Waals surface area (Å²) in [5.74, 6) is -0.145. The van der Waals surface area contributed by atoms with Crippen LogP contribution in [0, 0.1) is 0 Å². The molecule has 0 radical (unpaired) electrons. The van der Waals surface area contributed by atoms with Crippen molar-refractivity contribution in [3.63, 3.8) is 0 Å². The van der Waals surface area contributed by atoms with Gasteiger partial charge in [0, 0.05) is 0 Å². The van der Waals surface area contributed by atoms with Gasteiger partial charge in [-0.2, -0.15) is 0 Å². The Balaban J connectivity index is 0. The van der Waals surface area contributed by atoms with Crippen molar-refractivity contribution >= 4 is 5.57 Å². The summed E-state index contributed by atoms with van der Waals surface area (Å²) in [6.45, 7) is 13.3. The zero-order chi connectivity index (χ0) is 10.9. The van der Waals surface area contributed by atoms with Crippen LogP contribution in [-0.4, -0.2) is 10.1 Å². The fraction of sp³-hybridized carbons (Fsp3) is 0.556. The maximum atomic E-state index is 10.3. The van der Waals surface area contributed by atoms with E-state index in [1.165, 1.54) is 0 Å². The fourth-order valence-corrected chi connectivity index (χ4v) is 0.414. The molecule has 0 bridgehead atoms. The van der Waals surface area contributed by atoms with E-state index < -0.39 is 5.76 Å². The van der Waals surface area contributed by atoms with Crippen LogP contribution in [-0.2, 0) is 0 Å². The third-order valence-electron chi connectivity index (χ3n) is 0.845. The Hall–Kier alpha value is -1.32. The minimum atomic E-state index is -0.548. The van der Waals surface area contributed by atoms with Gasteiger partial charge in [0.15, 0.2) is 5.82 Å². The first-order chi connectivity index (χ1) is 6.20. The van der Waals surface area contributed by atoms with E-state index in [9.17, 15) is 4.79 Å². The largest absolute Gasteiger partial charge is 0.439 e. The molecular weight excluding hydrogens is 168 g/mol. The summed E-state index contributed by atoms with van der Waals surface area (Å²) in [5.41, 5.74) is 0.681. The van der Waals surface area contributed by atoms with Gasteiger partial charge in [0.2, 0.25) is 0 Å². The molecule has 1 aromatic heterocycles. The molecule has 0 fully saturated rings. The van der Waals surface area contributed by atoms with Crippen molar-refractivity contribution in [3.8, 4) is 0 Å². The number of nitrogens with one attached hydrogen (secondary N) is 1. The highest BCUT2D eigenvalue weighted by Gasteiger charge is 1.97. The first-order valence-electron chi connectivity index (χ1n) is 4.42. The SMILES string of the molecule is C=C(C)c1noc(=O)[nH]1.CC.CC. The topological polar surface area (TPSA) is 58.9 Å². The van der Waals surface area contributed by atoms with Crippen molar-refractivity contribution in [1.82, 2.24) is 10.1 Å². The lowest BCUT2D eigenvalue weighted by molar-refractivity contribution is 0.385. The van der Waals surface area contributed by atoms with Gasteiger partial charge in [-0.05, 0) is 12.5 Å². The second-order valence-electron chi connectivity index (χ2n) is 1.72. The van der Waals surface area contributed by atoms with Gasteiger partial charge < -0.3 is 0 Å². The van der Waals surface area contributed by atoms with Gasteiger partial charge in [0.1, 0.15) is 0 Å². The number of aromatic nitrogens is 2. The van der Waals surface area contributed by atoms with Gasteiger partial charge in [-0.15, -0.1) is 0 Å². The molecule has 0 aromatic carbocycles. The summed E-state index contributed by atoms with van der Waals surface area (Å²) in [7, 11) is 0. The highest BCUT2D eigenvalue weighted by atomic mass is 16.5. The quantitative estimate of drug-likeness (QED) is 0.732. The van der Waals surface area contributed by atoms with Gasteiger partial charge in [0.05, 0.1) is 0 Å². The number of hydrogen-bond acceptors (Lipinski definition) is 3. The molecule has 1 N–H and O–H groups in total. The summed E-state index contributed by atoms with van der Waals surface area (Å²) in [5, 5.41) is 3.37. The van der Waals surface area contributed by atoms with Crippen LogP contribution in [0.3, 0.4) is 0 Å². The Morgan fingerprint density at radius 1 is 1.38 bits per heavy atom. The van der Waals surface area contributed by atoms with Crippen LogP contribution in [0.25, 0.3) is 5.57 Å². The van der Waals surface area contributed by atoms with Gasteiger partial charge in [-0.3, -0.25) is 9.51 Å². The number of rotatable bonds is 1.